The van der Waals surface area contributed by atoms with Gasteiger partial charge in [0, 0.05) is 11.6 Å². The maximum atomic E-state index is 12.6. The molecule has 2 aromatic rings. The number of fused-ring (bicyclic) bond motifs is 1. The molecule has 1 amide bonds. The molecule has 4 rings (SSSR count). The van der Waals surface area contributed by atoms with E-state index in [0.29, 0.717) is 5.75 Å². The van der Waals surface area contributed by atoms with Crippen LogP contribution < -0.4 is 9.61 Å². The van der Waals surface area contributed by atoms with Crippen LogP contribution in [0.4, 0.5) is 0 Å². The minimum absolute atomic E-state index is 0.348. The summed E-state index contributed by atoms with van der Waals surface area (Å²) >= 11 is 5.81. The Morgan fingerprint density at radius 1 is 1.23 bits per heavy atom. The first-order valence-electron chi connectivity index (χ1n) is 12.8. The van der Waals surface area contributed by atoms with Crippen molar-refractivity contribution < 1.29 is 43.1 Å². The van der Waals surface area contributed by atoms with Gasteiger partial charge in [-0.2, -0.15) is 0 Å². The Bertz CT molecular complexity index is 1360. The molecule has 216 valence electrons. The summed E-state index contributed by atoms with van der Waals surface area (Å²) in [5.74, 6) is -1.08. The van der Waals surface area contributed by atoms with Gasteiger partial charge in [0.25, 0.3) is 0 Å². The average Bonchev–Trinajstić information content (AvgIpc) is 3.11. The van der Waals surface area contributed by atoms with Gasteiger partial charge in [-0.1, -0.05) is 36.4 Å². The van der Waals surface area contributed by atoms with Crippen molar-refractivity contribution in [2.75, 3.05) is 6.61 Å². The first kappa shape index (κ1) is 30.3. The third-order valence-corrected chi connectivity index (χ3v) is 8.96. The Balaban J connectivity index is 1.57. The number of aliphatic hydroxyl groups excluding tert-OH is 1. The maximum Gasteiger partial charge on any atom is 0.323 e. The molecular formula is C27H33N2O9PS. The first-order valence-corrected chi connectivity index (χ1v) is 15.4. The van der Waals surface area contributed by atoms with Crippen LogP contribution in [0.2, 0.25) is 0 Å². The van der Waals surface area contributed by atoms with Crippen molar-refractivity contribution >= 4 is 46.9 Å². The van der Waals surface area contributed by atoms with Gasteiger partial charge >= 0.3 is 12.6 Å². The zero-order valence-corrected chi connectivity index (χ0v) is 24.3. The SMILES string of the molecule is CC(C)OC(=O)[C@H](C)NP(=S)(OC[C@H]1O[C@@H](N2C=CC(=O)CC2=O)[C@](C)(O)[C@@H]1O)Oc1cccc2ccccc12. The molecule has 0 spiro atoms. The van der Waals surface area contributed by atoms with Crippen molar-refractivity contribution in [1.29, 1.82) is 0 Å². The van der Waals surface area contributed by atoms with Gasteiger partial charge in [-0.15, -0.1) is 0 Å². The number of ketones is 1. The minimum Gasteiger partial charge on any atom is -0.462 e. The fourth-order valence-corrected chi connectivity index (χ4v) is 6.84. The summed E-state index contributed by atoms with van der Waals surface area (Å²) < 4.78 is 23.4. The highest BCUT2D eigenvalue weighted by molar-refractivity contribution is 8.09. The van der Waals surface area contributed by atoms with Crippen LogP contribution in [0.1, 0.15) is 34.1 Å². The molecule has 1 fully saturated rings. The van der Waals surface area contributed by atoms with Crippen LogP contribution in [0.3, 0.4) is 0 Å². The number of benzene rings is 2. The molecule has 13 heteroatoms. The summed E-state index contributed by atoms with van der Waals surface area (Å²) in [4.78, 5) is 37.7. The zero-order chi connectivity index (χ0) is 29.2. The van der Waals surface area contributed by atoms with Crippen LogP contribution in [0, 0.1) is 0 Å². The smallest absolute Gasteiger partial charge is 0.323 e. The van der Waals surface area contributed by atoms with E-state index in [1.165, 1.54) is 19.2 Å². The molecule has 0 saturated carbocycles. The summed E-state index contributed by atoms with van der Waals surface area (Å²) in [6.07, 6.45) is -2.19. The molecule has 2 aliphatic rings. The van der Waals surface area contributed by atoms with Crippen molar-refractivity contribution in [3.8, 4) is 5.75 Å². The van der Waals surface area contributed by atoms with Gasteiger partial charge in [0.1, 0.15) is 29.6 Å². The van der Waals surface area contributed by atoms with Gasteiger partial charge in [-0.05, 0) is 57.0 Å². The van der Waals surface area contributed by atoms with Gasteiger partial charge in [0.15, 0.2) is 12.0 Å². The summed E-state index contributed by atoms with van der Waals surface area (Å²) in [7, 11) is 0. The Morgan fingerprint density at radius 2 is 1.93 bits per heavy atom. The number of allylic oxidation sites excluding steroid dienone is 1. The number of rotatable bonds is 10. The highest BCUT2D eigenvalue weighted by atomic mass is 32.5. The van der Waals surface area contributed by atoms with Crippen LogP contribution in [-0.4, -0.2) is 75.6 Å². The van der Waals surface area contributed by atoms with E-state index in [-0.39, 0.29) is 24.9 Å². The quantitative estimate of drug-likeness (QED) is 0.213. The topological polar surface area (TPSA) is 144 Å². The highest BCUT2D eigenvalue weighted by Gasteiger charge is 2.56. The fraction of sp³-hybridized carbons (Fsp3) is 0.444. The lowest BCUT2D eigenvalue weighted by atomic mass is 9.95. The first-order chi connectivity index (χ1) is 18.8. The van der Waals surface area contributed by atoms with E-state index in [0.717, 1.165) is 15.7 Å². The lowest BCUT2D eigenvalue weighted by Crippen LogP contribution is -2.54. The number of nitrogens with zero attached hydrogens (tertiary/aromatic N) is 1. The lowest BCUT2D eigenvalue weighted by Gasteiger charge is -2.34. The number of hydrogen-bond donors (Lipinski definition) is 3. The largest absolute Gasteiger partial charge is 0.462 e. The molecule has 3 N–H and O–H groups in total. The molecular weight excluding hydrogens is 559 g/mol. The van der Waals surface area contributed by atoms with E-state index in [9.17, 15) is 24.6 Å². The number of amides is 1. The molecule has 1 unspecified atom stereocenters. The van der Waals surface area contributed by atoms with E-state index in [1.807, 2.05) is 30.3 Å². The predicted octanol–water partition coefficient (Wildman–Crippen LogP) is 2.54. The second-order valence-corrected chi connectivity index (χ2v) is 13.3. The van der Waals surface area contributed by atoms with Crippen LogP contribution in [-0.2, 0) is 40.2 Å². The van der Waals surface area contributed by atoms with Crippen molar-refractivity contribution in [1.82, 2.24) is 9.99 Å². The summed E-state index contributed by atoms with van der Waals surface area (Å²) in [6, 6.07) is 12.1. The van der Waals surface area contributed by atoms with Gasteiger partial charge < -0.3 is 28.7 Å². The van der Waals surface area contributed by atoms with E-state index in [2.05, 4.69) is 5.09 Å². The molecule has 0 aromatic heterocycles. The van der Waals surface area contributed by atoms with Crippen molar-refractivity contribution in [2.45, 2.75) is 70.3 Å². The summed E-state index contributed by atoms with van der Waals surface area (Å²) in [6.45, 7) is 2.47. The molecule has 2 aliphatic heterocycles. The third-order valence-electron chi connectivity index (χ3n) is 6.48. The van der Waals surface area contributed by atoms with Gasteiger partial charge in [0.05, 0.1) is 19.1 Å². The monoisotopic (exact) mass is 592 g/mol. The van der Waals surface area contributed by atoms with E-state index in [1.54, 1.807) is 32.9 Å². The predicted molar refractivity (Wildman–Crippen MR) is 150 cm³/mol. The second kappa shape index (κ2) is 12.0. The molecule has 11 nitrogen and oxygen atoms in total. The Kier molecular flexibility index (Phi) is 9.11. The number of carbonyl (C=O) groups excluding carboxylic acids is 3. The average molecular weight is 593 g/mol. The van der Waals surface area contributed by atoms with Crippen LogP contribution in [0.15, 0.2) is 54.7 Å². The number of hydrogen-bond acceptors (Lipinski definition) is 10. The van der Waals surface area contributed by atoms with Gasteiger partial charge in [0.2, 0.25) is 5.91 Å². The minimum atomic E-state index is -3.52. The maximum absolute atomic E-state index is 12.6. The normalized spacial score (nSPS) is 27.2. The fourth-order valence-electron chi connectivity index (χ4n) is 4.42. The zero-order valence-electron chi connectivity index (χ0n) is 22.6. The van der Waals surface area contributed by atoms with Crippen molar-refractivity contribution in [3.05, 3.63) is 54.7 Å². The standard InChI is InChI=1S/C27H33N2O9PS/c1-16(2)36-25(33)17(3)28-39(40,38-21-11-7-9-18-8-5-6-10-20(18)21)35-15-22-24(32)27(4,34)26(37-22)29-13-12-19(30)14-23(29)31/h5-13,16-17,22,24,26,32,34H,14-15H2,1-4H3,(H,28,40)/t17-,22+,24+,26+,27+,39?/m0/s1. The molecule has 0 radical (unpaired) electrons. The molecule has 6 atom stereocenters. The third kappa shape index (κ3) is 6.60. The van der Waals surface area contributed by atoms with E-state index in [4.69, 9.17) is 30.3 Å². The Hall–Kier alpha value is -2.70. The van der Waals surface area contributed by atoms with E-state index >= 15 is 0 Å². The number of esters is 1. The van der Waals surface area contributed by atoms with Crippen LogP contribution in [0.5, 0.6) is 5.75 Å². The number of nitrogens with one attached hydrogen (secondary N) is 1. The molecule has 2 aromatic carbocycles. The second-order valence-electron chi connectivity index (χ2n) is 10.2. The molecule has 1 saturated heterocycles. The van der Waals surface area contributed by atoms with Crippen LogP contribution >= 0.6 is 6.64 Å². The Morgan fingerprint density at radius 3 is 2.62 bits per heavy atom. The number of ether oxygens (including phenoxy) is 2. The van der Waals surface area contributed by atoms with E-state index < -0.39 is 48.6 Å². The number of aliphatic hydroxyl groups is 2. The lowest BCUT2D eigenvalue weighted by molar-refractivity contribution is -0.158. The van der Waals surface area contributed by atoms with Crippen LogP contribution in [0.25, 0.3) is 10.8 Å². The van der Waals surface area contributed by atoms with Gasteiger partial charge in [-0.25, -0.2) is 5.09 Å². The number of carbonyl (C=O) groups is 3. The van der Waals surface area contributed by atoms with Crippen molar-refractivity contribution in [2.24, 2.45) is 0 Å². The molecule has 0 aliphatic carbocycles. The summed E-state index contributed by atoms with van der Waals surface area (Å²) in [5, 5.41) is 26.6. The Labute approximate surface area is 237 Å². The molecule has 0 bridgehead atoms. The summed E-state index contributed by atoms with van der Waals surface area (Å²) in [5.41, 5.74) is -1.89. The molecule has 40 heavy (non-hydrogen) atoms. The molecule has 2 heterocycles. The van der Waals surface area contributed by atoms with Gasteiger partial charge in [-0.3, -0.25) is 19.3 Å². The van der Waals surface area contributed by atoms with Crippen molar-refractivity contribution in [3.63, 3.8) is 0 Å². The highest BCUT2D eigenvalue weighted by Crippen LogP contribution is 2.48.